The molecule has 2 fully saturated rings. The largest absolute Gasteiger partial charge is 0.444 e. The van der Waals surface area contributed by atoms with Crippen LogP contribution in [0.25, 0.3) is 0 Å². The maximum absolute atomic E-state index is 12.2. The van der Waals surface area contributed by atoms with E-state index in [-0.39, 0.29) is 6.09 Å². The predicted octanol–water partition coefficient (Wildman–Crippen LogP) is 0.781. The number of hydrogen-bond acceptors (Lipinski definition) is 5. The second-order valence-electron chi connectivity index (χ2n) is 7.68. The Bertz CT molecular complexity index is 409. The number of carbonyl (C=O) groups is 1. The summed E-state index contributed by atoms with van der Waals surface area (Å²) in [6.45, 7) is 7.94. The predicted molar refractivity (Wildman–Crippen MR) is 81.0 cm³/mol. The summed E-state index contributed by atoms with van der Waals surface area (Å²) in [5, 5.41) is 10.9. The first-order valence-electron chi connectivity index (χ1n) is 7.72. The second kappa shape index (κ2) is 5.41. The van der Waals surface area contributed by atoms with Crippen LogP contribution < -0.4 is 5.73 Å². The van der Waals surface area contributed by atoms with Gasteiger partial charge in [-0.15, -0.1) is 0 Å². The molecule has 0 aliphatic carbocycles. The minimum absolute atomic E-state index is 0.341. The molecule has 122 valence electrons. The minimum Gasteiger partial charge on any atom is -0.444 e. The molecule has 2 rings (SSSR count). The van der Waals surface area contributed by atoms with Crippen molar-refractivity contribution >= 4 is 6.09 Å². The van der Waals surface area contributed by atoms with Crippen LogP contribution in [-0.2, 0) is 4.74 Å². The molecule has 2 heterocycles. The summed E-state index contributed by atoms with van der Waals surface area (Å²) in [5.74, 6) is 0. The van der Waals surface area contributed by atoms with Crippen molar-refractivity contribution in [1.29, 1.82) is 0 Å². The van der Waals surface area contributed by atoms with Gasteiger partial charge in [0.1, 0.15) is 5.60 Å². The fourth-order valence-electron chi connectivity index (χ4n) is 3.33. The fraction of sp³-hybridized carbons (Fsp3) is 0.933. The molecule has 2 aliphatic rings. The molecule has 0 aromatic rings. The molecule has 0 spiro atoms. The standard InChI is InChI=1S/C15H29N3O3/c1-13(2,3)21-12(19)18-8-5-6-14(16,10-18)15(20)7-9-17(4)11-15/h20H,5-11,16H2,1-4H3. The quantitative estimate of drug-likeness (QED) is 0.748. The smallest absolute Gasteiger partial charge is 0.410 e. The van der Waals surface area contributed by atoms with Crippen LogP contribution in [-0.4, -0.2) is 71.0 Å². The van der Waals surface area contributed by atoms with Gasteiger partial charge in [0, 0.05) is 26.2 Å². The Morgan fingerprint density at radius 2 is 1.90 bits per heavy atom. The van der Waals surface area contributed by atoms with Crippen LogP contribution in [0, 0.1) is 0 Å². The SMILES string of the molecule is CN1CCC(O)(C2(N)CCCN(C(=O)OC(C)(C)C)C2)C1. The highest BCUT2D eigenvalue weighted by molar-refractivity contribution is 5.68. The Labute approximate surface area is 127 Å². The van der Waals surface area contributed by atoms with Crippen molar-refractivity contribution in [3.8, 4) is 0 Å². The number of likely N-dealkylation sites (N-methyl/N-ethyl adjacent to an activating group) is 1. The van der Waals surface area contributed by atoms with Crippen LogP contribution in [0.5, 0.6) is 0 Å². The van der Waals surface area contributed by atoms with Gasteiger partial charge in [-0.3, -0.25) is 0 Å². The lowest BCUT2D eigenvalue weighted by Crippen LogP contribution is -2.69. The zero-order valence-electron chi connectivity index (χ0n) is 13.7. The van der Waals surface area contributed by atoms with Crippen LogP contribution in [0.1, 0.15) is 40.0 Å². The normalized spacial score (nSPS) is 35.0. The summed E-state index contributed by atoms with van der Waals surface area (Å²) >= 11 is 0. The zero-order chi connectivity index (χ0) is 15.9. The zero-order valence-corrected chi connectivity index (χ0v) is 13.7. The lowest BCUT2D eigenvalue weighted by molar-refractivity contribution is -0.0598. The number of nitrogens with two attached hydrogens (primary N) is 1. The molecule has 0 radical (unpaired) electrons. The van der Waals surface area contributed by atoms with Gasteiger partial charge in [-0.05, 0) is 47.1 Å². The monoisotopic (exact) mass is 299 g/mol. The lowest BCUT2D eigenvalue weighted by atomic mass is 9.74. The van der Waals surface area contributed by atoms with E-state index < -0.39 is 16.7 Å². The third kappa shape index (κ3) is 3.49. The number of rotatable bonds is 1. The molecule has 3 N–H and O–H groups in total. The highest BCUT2D eigenvalue weighted by Gasteiger charge is 2.53. The number of hydrogen-bond donors (Lipinski definition) is 2. The average molecular weight is 299 g/mol. The number of amides is 1. The van der Waals surface area contributed by atoms with Gasteiger partial charge >= 0.3 is 6.09 Å². The first-order valence-corrected chi connectivity index (χ1v) is 7.72. The van der Waals surface area contributed by atoms with Crippen molar-refractivity contribution in [2.45, 2.75) is 56.8 Å². The Hall–Kier alpha value is -0.850. The van der Waals surface area contributed by atoms with Gasteiger partial charge < -0.3 is 25.4 Å². The number of aliphatic hydroxyl groups is 1. The molecule has 21 heavy (non-hydrogen) atoms. The van der Waals surface area contributed by atoms with Crippen molar-refractivity contribution in [3.05, 3.63) is 0 Å². The van der Waals surface area contributed by atoms with E-state index in [1.54, 1.807) is 4.90 Å². The lowest BCUT2D eigenvalue weighted by Gasteiger charge is -2.48. The molecule has 0 bridgehead atoms. The van der Waals surface area contributed by atoms with Crippen LogP contribution in [0.2, 0.25) is 0 Å². The van der Waals surface area contributed by atoms with E-state index in [1.165, 1.54) is 0 Å². The van der Waals surface area contributed by atoms with Crippen molar-refractivity contribution in [2.24, 2.45) is 5.73 Å². The number of ether oxygens (including phenoxy) is 1. The topological polar surface area (TPSA) is 79.0 Å². The van der Waals surface area contributed by atoms with Crippen molar-refractivity contribution < 1.29 is 14.6 Å². The summed E-state index contributed by atoms with van der Waals surface area (Å²) in [4.78, 5) is 16.0. The highest BCUT2D eigenvalue weighted by atomic mass is 16.6. The van der Waals surface area contributed by atoms with E-state index in [1.807, 2.05) is 27.8 Å². The van der Waals surface area contributed by atoms with Crippen molar-refractivity contribution in [1.82, 2.24) is 9.80 Å². The molecular formula is C15H29N3O3. The number of nitrogens with zero attached hydrogens (tertiary/aromatic N) is 2. The van der Waals surface area contributed by atoms with Gasteiger partial charge in [-0.2, -0.15) is 0 Å². The summed E-state index contributed by atoms with van der Waals surface area (Å²) in [5.41, 5.74) is 4.32. The summed E-state index contributed by atoms with van der Waals surface area (Å²) in [6.07, 6.45) is 1.84. The van der Waals surface area contributed by atoms with E-state index in [4.69, 9.17) is 10.5 Å². The van der Waals surface area contributed by atoms with Gasteiger partial charge in [0.15, 0.2) is 0 Å². The van der Waals surface area contributed by atoms with E-state index in [2.05, 4.69) is 4.90 Å². The Morgan fingerprint density at radius 3 is 2.43 bits per heavy atom. The molecule has 6 nitrogen and oxygen atoms in total. The number of likely N-dealkylation sites (tertiary alicyclic amines) is 2. The van der Waals surface area contributed by atoms with Gasteiger partial charge in [0.25, 0.3) is 0 Å². The highest BCUT2D eigenvalue weighted by Crippen LogP contribution is 2.36. The molecule has 2 saturated heterocycles. The molecule has 6 heteroatoms. The van der Waals surface area contributed by atoms with E-state index >= 15 is 0 Å². The minimum atomic E-state index is -0.928. The average Bonchev–Trinajstić information content (AvgIpc) is 2.69. The van der Waals surface area contributed by atoms with Crippen LogP contribution in [0.15, 0.2) is 0 Å². The van der Waals surface area contributed by atoms with E-state index in [0.717, 1.165) is 19.4 Å². The molecular weight excluding hydrogens is 270 g/mol. The first kappa shape index (κ1) is 16.5. The third-order valence-electron chi connectivity index (χ3n) is 4.54. The summed E-state index contributed by atoms with van der Waals surface area (Å²) in [7, 11) is 1.98. The van der Waals surface area contributed by atoms with E-state index in [9.17, 15) is 9.90 Å². The van der Waals surface area contributed by atoms with Crippen LogP contribution in [0.3, 0.4) is 0 Å². The van der Waals surface area contributed by atoms with Crippen LogP contribution in [0.4, 0.5) is 4.79 Å². The first-order chi connectivity index (χ1) is 9.55. The summed E-state index contributed by atoms with van der Waals surface area (Å²) in [6, 6.07) is 0. The molecule has 0 saturated carbocycles. The Kier molecular flexibility index (Phi) is 4.26. The van der Waals surface area contributed by atoms with E-state index in [0.29, 0.717) is 26.1 Å². The molecule has 2 unspecified atom stereocenters. The molecule has 0 aromatic carbocycles. The summed E-state index contributed by atoms with van der Waals surface area (Å²) < 4.78 is 5.43. The maximum atomic E-state index is 12.2. The van der Waals surface area contributed by atoms with Crippen LogP contribution >= 0.6 is 0 Å². The third-order valence-corrected chi connectivity index (χ3v) is 4.54. The second-order valence-corrected chi connectivity index (χ2v) is 7.68. The van der Waals surface area contributed by atoms with Gasteiger partial charge in [-0.25, -0.2) is 4.79 Å². The molecule has 2 aliphatic heterocycles. The number of piperidine rings is 1. The fourth-order valence-corrected chi connectivity index (χ4v) is 3.33. The van der Waals surface area contributed by atoms with Gasteiger partial charge in [0.05, 0.1) is 11.1 Å². The maximum Gasteiger partial charge on any atom is 0.410 e. The Balaban J connectivity index is 2.08. The molecule has 1 amide bonds. The molecule has 0 aromatic heterocycles. The van der Waals surface area contributed by atoms with Gasteiger partial charge in [0.2, 0.25) is 0 Å². The Morgan fingerprint density at radius 1 is 1.24 bits per heavy atom. The molecule has 2 atom stereocenters. The van der Waals surface area contributed by atoms with Crippen molar-refractivity contribution in [3.63, 3.8) is 0 Å². The van der Waals surface area contributed by atoms with Crippen molar-refractivity contribution in [2.75, 3.05) is 33.2 Å². The van der Waals surface area contributed by atoms with Gasteiger partial charge in [-0.1, -0.05) is 0 Å². The number of carbonyl (C=O) groups excluding carboxylic acids is 1. The number of β-amino-alcohol motifs (C(OH)–C–C–N with tert-alkyl or cyclic N) is 1.